The molecule has 2 heterocycles. The summed E-state index contributed by atoms with van der Waals surface area (Å²) in [7, 11) is 0. The minimum Gasteiger partial charge on any atom is -0.305 e. The Morgan fingerprint density at radius 1 is 1.45 bits per heavy atom. The molecular weight excluding hydrogens is 134 g/mol. The van der Waals surface area contributed by atoms with E-state index in [9.17, 15) is 0 Å². The summed E-state index contributed by atoms with van der Waals surface area (Å²) < 4.78 is 0. The van der Waals surface area contributed by atoms with Gasteiger partial charge in [0.15, 0.2) is 0 Å². The van der Waals surface area contributed by atoms with Gasteiger partial charge in [0.2, 0.25) is 0 Å². The van der Waals surface area contributed by atoms with E-state index >= 15 is 0 Å². The molecule has 1 aliphatic carbocycles. The molecule has 64 valence electrons. The molecule has 11 heavy (non-hydrogen) atoms. The Balaban J connectivity index is 1.88. The van der Waals surface area contributed by atoms with Gasteiger partial charge in [0.1, 0.15) is 0 Å². The highest BCUT2D eigenvalue weighted by Gasteiger charge is 2.66. The molecule has 1 nitrogen and oxygen atoms in total. The van der Waals surface area contributed by atoms with Crippen molar-refractivity contribution in [2.75, 3.05) is 0 Å². The average Bonchev–Trinajstić information content (AvgIpc) is 1.79. The third-order valence-corrected chi connectivity index (χ3v) is 3.63. The molecule has 0 amide bonds. The molecule has 2 saturated heterocycles. The second kappa shape index (κ2) is 2.01. The molecule has 1 atom stereocenters. The predicted octanol–water partition coefficient (Wildman–Crippen LogP) is 2.32. The van der Waals surface area contributed by atoms with Gasteiger partial charge in [-0.05, 0) is 32.1 Å². The number of hydrogen-bond acceptors (Lipinski definition) is 1. The minimum absolute atomic E-state index is 0.558. The molecule has 0 spiro atoms. The lowest BCUT2D eigenvalue weighted by molar-refractivity contribution is -0.133. The first-order valence-electron chi connectivity index (χ1n) is 4.90. The van der Waals surface area contributed by atoms with E-state index in [2.05, 4.69) is 26.1 Å². The SMILES string of the molecule is CCCC(C)C12CC(C)(C1)N2. The van der Waals surface area contributed by atoms with Crippen molar-refractivity contribution in [3.8, 4) is 0 Å². The van der Waals surface area contributed by atoms with Crippen molar-refractivity contribution in [2.24, 2.45) is 5.92 Å². The van der Waals surface area contributed by atoms with Crippen LogP contribution in [0, 0.1) is 5.92 Å². The highest BCUT2D eigenvalue weighted by molar-refractivity contribution is 5.26. The molecule has 0 aromatic carbocycles. The Bertz CT molecular complexity index is 154. The van der Waals surface area contributed by atoms with E-state index < -0.39 is 0 Å². The Kier molecular flexibility index (Phi) is 1.39. The fraction of sp³-hybridized carbons (Fsp3) is 1.00. The zero-order valence-electron chi connectivity index (χ0n) is 7.91. The second-order valence-corrected chi connectivity index (χ2v) is 4.89. The quantitative estimate of drug-likeness (QED) is 0.656. The summed E-state index contributed by atoms with van der Waals surface area (Å²) in [5.41, 5.74) is 1.15. The summed E-state index contributed by atoms with van der Waals surface area (Å²) in [6.07, 6.45) is 5.59. The zero-order valence-corrected chi connectivity index (χ0v) is 7.91. The lowest BCUT2D eigenvalue weighted by Gasteiger charge is -2.73. The Hall–Kier alpha value is -0.0400. The first kappa shape index (κ1) is 7.60. The van der Waals surface area contributed by atoms with E-state index in [0.29, 0.717) is 11.1 Å². The van der Waals surface area contributed by atoms with E-state index in [4.69, 9.17) is 0 Å². The van der Waals surface area contributed by atoms with Crippen molar-refractivity contribution >= 4 is 0 Å². The van der Waals surface area contributed by atoms with Crippen LogP contribution < -0.4 is 5.32 Å². The Morgan fingerprint density at radius 3 is 2.36 bits per heavy atom. The van der Waals surface area contributed by atoms with Gasteiger partial charge in [-0.25, -0.2) is 0 Å². The summed E-state index contributed by atoms with van der Waals surface area (Å²) in [4.78, 5) is 0. The summed E-state index contributed by atoms with van der Waals surface area (Å²) in [6, 6.07) is 0. The van der Waals surface area contributed by atoms with Gasteiger partial charge in [0.25, 0.3) is 0 Å². The highest BCUT2D eigenvalue weighted by atomic mass is 15.2. The topological polar surface area (TPSA) is 12.0 Å². The molecule has 0 radical (unpaired) electrons. The van der Waals surface area contributed by atoms with Crippen LogP contribution in [0.15, 0.2) is 0 Å². The summed E-state index contributed by atoms with van der Waals surface area (Å²) in [6.45, 7) is 7.02. The minimum atomic E-state index is 0.558. The van der Waals surface area contributed by atoms with Gasteiger partial charge in [0, 0.05) is 11.1 Å². The molecule has 3 rings (SSSR count). The van der Waals surface area contributed by atoms with Gasteiger partial charge in [-0.15, -0.1) is 0 Å². The third kappa shape index (κ3) is 0.868. The molecule has 3 fully saturated rings. The maximum atomic E-state index is 3.68. The lowest BCUT2D eigenvalue weighted by Crippen LogP contribution is -2.86. The Morgan fingerprint density at radius 2 is 2.00 bits per heavy atom. The molecular formula is C10H19N. The van der Waals surface area contributed by atoms with Crippen LogP contribution in [0.1, 0.15) is 46.5 Å². The van der Waals surface area contributed by atoms with Crippen molar-refractivity contribution in [1.29, 1.82) is 0 Å². The first-order valence-corrected chi connectivity index (χ1v) is 4.90. The van der Waals surface area contributed by atoms with Gasteiger partial charge in [0.05, 0.1) is 0 Å². The summed E-state index contributed by atoms with van der Waals surface area (Å²) in [5, 5.41) is 3.68. The van der Waals surface area contributed by atoms with E-state index in [1.165, 1.54) is 25.7 Å². The number of nitrogens with one attached hydrogen (secondary N) is 1. The van der Waals surface area contributed by atoms with E-state index in [0.717, 1.165) is 5.92 Å². The van der Waals surface area contributed by atoms with Crippen molar-refractivity contribution in [1.82, 2.24) is 5.32 Å². The molecule has 0 aromatic rings. The van der Waals surface area contributed by atoms with Crippen molar-refractivity contribution in [2.45, 2.75) is 57.5 Å². The normalized spacial score (nSPS) is 49.4. The van der Waals surface area contributed by atoms with Crippen LogP contribution in [0.5, 0.6) is 0 Å². The summed E-state index contributed by atoms with van der Waals surface area (Å²) >= 11 is 0. The smallest absolute Gasteiger partial charge is 0.0247 e. The van der Waals surface area contributed by atoms with Crippen LogP contribution >= 0.6 is 0 Å². The van der Waals surface area contributed by atoms with E-state index in [1.54, 1.807) is 0 Å². The van der Waals surface area contributed by atoms with E-state index in [1.807, 2.05) is 0 Å². The molecule has 1 unspecified atom stereocenters. The van der Waals surface area contributed by atoms with E-state index in [-0.39, 0.29) is 0 Å². The van der Waals surface area contributed by atoms with Gasteiger partial charge < -0.3 is 5.32 Å². The van der Waals surface area contributed by atoms with Gasteiger partial charge in [-0.1, -0.05) is 20.3 Å². The second-order valence-electron chi connectivity index (χ2n) is 4.89. The van der Waals surface area contributed by atoms with Crippen LogP contribution in [0.25, 0.3) is 0 Å². The summed E-state index contributed by atoms with van der Waals surface area (Å²) in [5.74, 6) is 0.898. The van der Waals surface area contributed by atoms with Crippen LogP contribution in [0.4, 0.5) is 0 Å². The Labute approximate surface area is 69.6 Å². The van der Waals surface area contributed by atoms with Crippen LogP contribution in [0.3, 0.4) is 0 Å². The van der Waals surface area contributed by atoms with Gasteiger partial charge >= 0.3 is 0 Å². The maximum Gasteiger partial charge on any atom is 0.0247 e. The maximum absolute atomic E-state index is 3.68. The molecule has 1 saturated carbocycles. The van der Waals surface area contributed by atoms with Crippen molar-refractivity contribution < 1.29 is 0 Å². The molecule has 1 N–H and O–H groups in total. The van der Waals surface area contributed by atoms with Crippen LogP contribution in [-0.2, 0) is 0 Å². The van der Waals surface area contributed by atoms with Crippen molar-refractivity contribution in [3.05, 3.63) is 0 Å². The fourth-order valence-electron chi connectivity index (χ4n) is 3.09. The first-order chi connectivity index (χ1) is 5.10. The van der Waals surface area contributed by atoms with Gasteiger partial charge in [-0.3, -0.25) is 0 Å². The lowest BCUT2D eigenvalue weighted by atomic mass is 9.48. The van der Waals surface area contributed by atoms with Crippen LogP contribution in [-0.4, -0.2) is 11.1 Å². The predicted molar refractivity (Wildman–Crippen MR) is 47.6 cm³/mol. The third-order valence-electron chi connectivity index (χ3n) is 3.63. The number of rotatable bonds is 3. The molecule has 2 bridgehead atoms. The number of hydrogen-bond donors (Lipinski definition) is 1. The largest absolute Gasteiger partial charge is 0.305 e. The highest BCUT2D eigenvalue weighted by Crippen LogP contribution is 2.57. The van der Waals surface area contributed by atoms with Gasteiger partial charge in [-0.2, -0.15) is 0 Å². The van der Waals surface area contributed by atoms with Crippen LogP contribution in [0.2, 0.25) is 0 Å². The molecule has 1 heteroatoms. The monoisotopic (exact) mass is 153 g/mol. The molecule has 0 aromatic heterocycles. The standard InChI is InChI=1S/C10H19N/c1-4-5-8(2)10-6-9(3,7-10)11-10/h8,11H,4-7H2,1-3H3. The molecule has 3 aliphatic rings. The van der Waals surface area contributed by atoms with Crippen molar-refractivity contribution in [3.63, 3.8) is 0 Å². The fourth-order valence-corrected chi connectivity index (χ4v) is 3.09. The average molecular weight is 153 g/mol. The zero-order chi connectivity index (χ0) is 8.11. The molecule has 2 aliphatic heterocycles.